The van der Waals surface area contributed by atoms with Gasteiger partial charge in [-0.3, -0.25) is 5.43 Å². The number of nitrogens with zero attached hydrogens (tertiary/aromatic N) is 1. The van der Waals surface area contributed by atoms with Gasteiger partial charge in [0.2, 0.25) is 0 Å². The second-order valence-corrected chi connectivity index (χ2v) is 3.78. The Hall–Kier alpha value is -1.95. The van der Waals surface area contributed by atoms with Gasteiger partial charge in [-0.2, -0.15) is 0 Å². The van der Waals surface area contributed by atoms with E-state index in [1.54, 1.807) is 7.05 Å². The van der Waals surface area contributed by atoms with Gasteiger partial charge in [0.05, 0.1) is 0 Å². The number of ether oxygens (including phenoxy) is 2. The quantitative estimate of drug-likeness (QED) is 0.445. The van der Waals surface area contributed by atoms with Gasteiger partial charge in [-0.05, 0) is 17.7 Å². The molecule has 0 bridgehead atoms. The Bertz CT molecular complexity index is 422. The van der Waals surface area contributed by atoms with Crippen LogP contribution in [0.25, 0.3) is 0 Å². The normalized spacial score (nSPS) is 13.1. The summed E-state index contributed by atoms with van der Waals surface area (Å²) in [6.07, 6.45) is 0. The molecule has 0 fully saturated rings. The van der Waals surface area contributed by atoms with Gasteiger partial charge in [-0.25, -0.2) is 10.6 Å². The monoisotopic (exact) mass is 237 g/mol. The Balaban J connectivity index is 2.09. The van der Waals surface area contributed by atoms with Crippen molar-refractivity contribution in [3.05, 3.63) is 23.8 Å². The van der Waals surface area contributed by atoms with Gasteiger partial charge in [0, 0.05) is 13.6 Å². The molecule has 1 aliphatic heterocycles. The minimum atomic E-state index is -0.333. The maximum atomic E-state index is 11.2. The van der Waals surface area contributed by atoms with Crippen molar-refractivity contribution >= 4 is 6.03 Å². The minimum Gasteiger partial charge on any atom is -0.486 e. The van der Waals surface area contributed by atoms with Crippen LogP contribution >= 0.6 is 0 Å². The number of fused-ring (bicyclic) bond motifs is 1. The number of hydrazine groups is 1. The fraction of sp³-hybridized carbons (Fsp3) is 0.364. The predicted molar refractivity (Wildman–Crippen MR) is 61.6 cm³/mol. The molecule has 2 amide bonds. The number of nitrogens with two attached hydrogens (primary N) is 1. The van der Waals surface area contributed by atoms with Crippen molar-refractivity contribution in [3.8, 4) is 11.5 Å². The van der Waals surface area contributed by atoms with Crippen molar-refractivity contribution in [2.75, 3.05) is 20.3 Å². The number of carbonyl (C=O) groups is 1. The van der Waals surface area contributed by atoms with E-state index >= 15 is 0 Å². The highest BCUT2D eigenvalue weighted by Gasteiger charge is 2.13. The van der Waals surface area contributed by atoms with Gasteiger partial charge in [0.1, 0.15) is 13.2 Å². The molecule has 1 aromatic carbocycles. The van der Waals surface area contributed by atoms with Gasteiger partial charge < -0.3 is 14.4 Å². The molecule has 1 aromatic rings. The van der Waals surface area contributed by atoms with Gasteiger partial charge in [-0.15, -0.1) is 0 Å². The lowest BCUT2D eigenvalue weighted by Crippen LogP contribution is -2.40. The molecule has 1 aliphatic rings. The molecule has 0 saturated heterocycles. The summed E-state index contributed by atoms with van der Waals surface area (Å²) in [7, 11) is 1.67. The number of rotatable bonds is 2. The lowest BCUT2D eigenvalue weighted by Gasteiger charge is -2.20. The smallest absolute Gasteiger partial charge is 0.331 e. The highest BCUT2D eigenvalue weighted by molar-refractivity contribution is 5.73. The van der Waals surface area contributed by atoms with Crippen LogP contribution in [0.15, 0.2) is 18.2 Å². The third kappa shape index (κ3) is 2.59. The van der Waals surface area contributed by atoms with Crippen molar-refractivity contribution in [2.45, 2.75) is 6.54 Å². The van der Waals surface area contributed by atoms with E-state index < -0.39 is 0 Å². The van der Waals surface area contributed by atoms with Gasteiger partial charge in [-0.1, -0.05) is 6.07 Å². The van der Waals surface area contributed by atoms with Crippen molar-refractivity contribution in [1.82, 2.24) is 10.3 Å². The van der Waals surface area contributed by atoms with Crippen LogP contribution in [0.2, 0.25) is 0 Å². The lowest BCUT2D eigenvalue weighted by molar-refractivity contribution is 0.171. The fourth-order valence-corrected chi connectivity index (χ4v) is 1.64. The second kappa shape index (κ2) is 4.92. The van der Waals surface area contributed by atoms with Crippen LogP contribution in [0, 0.1) is 0 Å². The molecule has 0 spiro atoms. The molecular weight excluding hydrogens is 222 g/mol. The standard InChI is InChI=1S/C11H15N3O3/c1-14(11(15)13-12)7-8-2-3-9-10(6-8)17-5-4-16-9/h2-3,6H,4-5,7,12H2,1H3,(H,13,15). The Labute approximate surface area is 99.3 Å². The number of hydrogen-bond acceptors (Lipinski definition) is 4. The number of benzene rings is 1. The number of amides is 2. The van der Waals surface area contributed by atoms with E-state index in [-0.39, 0.29) is 6.03 Å². The Morgan fingerprint density at radius 3 is 2.82 bits per heavy atom. The van der Waals surface area contributed by atoms with Crippen molar-refractivity contribution in [3.63, 3.8) is 0 Å². The summed E-state index contributed by atoms with van der Waals surface area (Å²) in [6, 6.07) is 5.28. The Kier molecular flexibility index (Phi) is 3.34. The van der Waals surface area contributed by atoms with Crippen LogP contribution in [0.4, 0.5) is 4.79 Å². The molecule has 92 valence electrons. The second-order valence-electron chi connectivity index (χ2n) is 3.78. The SMILES string of the molecule is CN(Cc1ccc2c(c1)OCCO2)C(=O)NN. The zero-order valence-corrected chi connectivity index (χ0v) is 9.60. The van der Waals surface area contributed by atoms with E-state index in [9.17, 15) is 4.79 Å². The van der Waals surface area contributed by atoms with Crippen LogP contribution < -0.4 is 20.7 Å². The van der Waals surface area contributed by atoms with E-state index in [4.69, 9.17) is 15.3 Å². The highest BCUT2D eigenvalue weighted by Crippen LogP contribution is 2.30. The van der Waals surface area contributed by atoms with Crippen LogP contribution in [0.1, 0.15) is 5.56 Å². The van der Waals surface area contributed by atoms with E-state index in [2.05, 4.69) is 5.43 Å². The van der Waals surface area contributed by atoms with Crippen molar-refractivity contribution in [1.29, 1.82) is 0 Å². The molecule has 0 unspecified atom stereocenters. The average Bonchev–Trinajstić information content (AvgIpc) is 2.37. The third-order valence-electron chi connectivity index (χ3n) is 2.50. The molecule has 0 aromatic heterocycles. The first-order valence-corrected chi connectivity index (χ1v) is 5.31. The summed E-state index contributed by atoms with van der Waals surface area (Å²) in [5, 5.41) is 0. The van der Waals surface area contributed by atoms with E-state index in [0.717, 1.165) is 17.1 Å². The first kappa shape index (κ1) is 11.5. The molecule has 2 rings (SSSR count). The summed E-state index contributed by atoms with van der Waals surface area (Å²) < 4.78 is 10.9. The molecular formula is C11H15N3O3. The molecule has 6 nitrogen and oxygen atoms in total. The van der Waals surface area contributed by atoms with Gasteiger partial charge >= 0.3 is 6.03 Å². The summed E-state index contributed by atoms with van der Waals surface area (Å²) in [4.78, 5) is 12.7. The van der Waals surface area contributed by atoms with E-state index in [1.165, 1.54) is 4.90 Å². The maximum Gasteiger partial charge on any atom is 0.331 e. The number of urea groups is 1. The number of carbonyl (C=O) groups excluding carboxylic acids is 1. The molecule has 1 heterocycles. The highest BCUT2D eigenvalue weighted by atomic mass is 16.6. The van der Waals surface area contributed by atoms with Gasteiger partial charge in [0.25, 0.3) is 0 Å². The largest absolute Gasteiger partial charge is 0.486 e. The summed E-state index contributed by atoms with van der Waals surface area (Å²) in [5.41, 5.74) is 3.04. The van der Waals surface area contributed by atoms with Gasteiger partial charge in [0.15, 0.2) is 11.5 Å². The Morgan fingerprint density at radius 1 is 1.41 bits per heavy atom. The summed E-state index contributed by atoms with van der Waals surface area (Å²) >= 11 is 0. The zero-order valence-electron chi connectivity index (χ0n) is 9.60. The van der Waals surface area contributed by atoms with Crippen molar-refractivity contribution in [2.24, 2.45) is 5.84 Å². The zero-order chi connectivity index (χ0) is 12.3. The predicted octanol–water partition coefficient (Wildman–Crippen LogP) is 0.473. The van der Waals surface area contributed by atoms with E-state index in [1.807, 2.05) is 18.2 Å². The average molecular weight is 237 g/mol. The molecule has 6 heteroatoms. The third-order valence-corrected chi connectivity index (χ3v) is 2.50. The van der Waals surface area contributed by atoms with Crippen LogP contribution in [-0.4, -0.2) is 31.2 Å². The lowest BCUT2D eigenvalue weighted by atomic mass is 10.2. The molecule has 0 aliphatic carbocycles. The summed E-state index contributed by atoms with van der Waals surface area (Å²) in [6.45, 7) is 1.58. The topological polar surface area (TPSA) is 76.8 Å². The van der Waals surface area contributed by atoms with Crippen LogP contribution in [-0.2, 0) is 6.54 Å². The fourth-order valence-electron chi connectivity index (χ4n) is 1.64. The molecule has 3 N–H and O–H groups in total. The maximum absolute atomic E-state index is 11.2. The minimum absolute atomic E-state index is 0.333. The number of hydrogen-bond donors (Lipinski definition) is 2. The molecule has 0 radical (unpaired) electrons. The first-order chi connectivity index (χ1) is 8.20. The van der Waals surface area contributed by atoms with Crippen LogP contribution in [0.3, 0.4) is 0 Å². The molecule has 0 atom stereocenters. The summed E-state index contributed by atoms with van der Waals surface area (Å²) in [5.74, 6) is 6.51. The van der Waals surface area contributed by atoms with E-state index in [0.29, 0.717) is 19.8 Å². The van der Waals surface area contributed by atoms with Crippen molar-refractivity contribution < 1.29 is 14.3 Å². The molecule has 0 saturated carbocycles. The Morgan fingerprint density at radius 2 is 2.12 bits per heavy atom. The number of nitrogens with one attached hydrogen (secondary N) is 1. The molecule has 17 heavy (non-hydrogen) atoms. The first-order valence-electron chi connectivity index (χ1n) is 5.31. The van der Waals surface area contributed by atoms with Crippen LogP contribution in [0.5, 0.6) is 11.5 Å².